The second-order valence-electron chi connectivity index (χ2n) is 6.72. The number of rotatable bonds is 4. The number of hydrogen-bond donors (Lipinski definition) is 1. The van der Waals surface area contributed by atoms with Crippen LogP contribution in [0.5, 0.6) is 0 Å². The Morgan fingerprint density at radius 3 is 2.52 bits per heavy atom. The van der Waals surface area contributed by atoms with Crippen molar-refractivity contribution < 1.29 is 4.39 Å². The van der Waals surface area contributed by atoms with Crippen LogP contribution in [0.3, 0.4) is 0 Å². The summed E-state index contributed by atoms with van der Waals surface area (Å²) in [6.07, 6.45) is 1.93. The van der Waals surface area contributed by atoms with Crippen molar-refractivity contribution >= 4 is 0 Å². The molecule has 0 spiro atoms. The van der Waals surface area contributed by atoms with E-state index >= 15 is 0 Å². The van der Waals surface area contributed by atoms with Crippen LogP contribution in [0.1, 0.15) is 51.8 Å². The van der Waals surface area contributed by atoms with Crippen LogP contribution in [0.25, 0.3) is 5.69 Å². The minimum absolute atomic E-state index is 0.0171. The predicted octanol–water partition coefficient (Wildman–Crippen LogP) is 4.02. The van der Waals surface area contributed by atoms with Crippen molar-refractivity contribution in [3.8, 4) is 5.69 Å². The highest BCUT2D eigenvalue weighted by atomic mass is 19.1. The Hall–Kier alpha value is -1.68. The molecule has 0 aliphatic carbocycles. The van der Waals surface area contributed by atoms with Crippen LogP contribution in [-0.2, 0) is 6.54 Å². The first kappa shape index (κ1) is 15.7. The average molecular weight is 289 g/mol. The Bertz CT molecular complexity index is 609. The Balaban J connectivity index is 2.33. The Kier molecular flexibility index (Phi) is 4.47. The van der Waals surface area contributed by atoms with Gasteiger partial charge in [-0.1, -0.05) is 13.8 Å². The van der Waals surface area contributed by atoms with Gasteiger partial charge in [-0.05, 0) is 56.5 Å². The third-order valence-corrected chi connectivity index (χ3v) is 3.30. The SMILES string of the molecule is CC(C)c1ccn(-c2ccc(F)cc2CNC(C)(C)C)n1. The van der Waals surface area contributed by atoms with Crippen LogP contribution in [0.2, 0.25) is 0 Å². The lowest BCUT2D eigenvalue weighted by atomic mass is 10.1. The minimum Gasteiger partial charge on any atom is -0.308 e. The molecule has 2 rings (SSSR count). The Morgan fingerprint density at radius 1 is 1.24 bits per heavy atom. The van der Waals surface area contributed by atoms with Crippen molar-refractivity contribution in [1.29, 1.82) is 0 Å². The molecule has 1 N–H and O–H groups in total. The molecule has 0 bridgehead atoms. The average Bonchev–Trinajstić information content (AvgIpc) is 2.85. The summed E-state index contributed by atoms with van der Waals surface area (Å²) < 4.78 is 15.4. The monoisotopic (exact) mass is 289 g/mol. The zero-order valence-corrected chi connectivity index (χ0v) is 13.4. The number of benzene rings is 1. The van der Waals surface area contributed by atoms with E-state index in [0.29, 0.717) is 12.5 Å². The van der Waals surface area contributed by atoms with Crippen LogP contribution in [0.15, 0.2) is 30.5 Å². The van der Waals surface area contributed by atoms with Crippen molar-refractivity contribution in [2.75, 3.05) is 0 Å². The molecule has 114 valence electrons. The van der Waals surface area contributed by atoms with Gasteiger partial charge < -0.3 is 5.32 Å². The molecule has 0 atom stereocenters. The molecular formula is C17H24FN3. The molecule has 0 saturated heterocycles. The maximum absolute atomic E-state index is 13.6. The zero-order chi connectivity index (χ0) is 15.6. The Labute approximate surface area is 126 Å². The first-order valence-electron chi connectivity index (χ1n) is 7.35. The van der Waals surface area contributed by atoms with Gasteiger partial charge in [0.25, 0.3) is 0 Å². The van der Waals surface area contributed by atoms with Gasteiger partial charge >= 0.3 is 0 Å². The fourth-order valence-corrected chi connectivity index (χ4v) is 2.06. The van der Waals surface area contributed by atoms with Gasteiger partial charge in [0.2, 0.25) is 0 Å². The molecule has 2 aromatic rings. The van der Waals surface area contributed by atoms with E-state index in [0.717, 1.165) is 16.9 Å². The van der Waals surface area contributed by atoms with Gasteiger partial charge in [0.15, 0.2) is 0 Å². The first-order valence-corrected chi connectivity index (χ1v) is 7.35. The van der Waals surface area contributed by atoms with Crippen LogP contribution < -0.4 is 5.32 Å². The van der Waals surface area contributed by atoms with Crippen molar-refractivity contribution in [3.63, 3.8) is 0 Å². The van der Waals surface area contributed by atoms with Gasteiger partial charge in [0.1, 0.15) is 5.82 Å². The number of aromatic nitrogens is 2. The molecule has 1 aromatic carbocycles. The molecule has 3 nitrogen and oxygen atoms in total. The van der Waals surface area contributed by atoms with Crippen LogP contribution in [-0.4, -0.2) is 15.3 Å². The number of nitrogens with one attached hydrogen (secondary N) is 1. The van der Waals surface area contributed by atoms with Gasteiger partial charge in [-0.25, -0.2) is 9.07 Å². The third kappa shape index (κ3) is 4.14. The summed E-state index contributed by atoms with van der Waals surface area (Å²) in [5.74, 6) is 0.156. The van der Waals surface area contributed by atoms with E-state index in [1.54, 1.807) is 12.1 Å². The largest absolute Gasteiger partial charge is 0.308 e. The molecule has 1 heterocycles. The molecule has 0 amide bonds. The first-order chi connectivity index (χ1) is 9.76. The lowest BCUT2D eigenvalue weighted by Crippen LogP contribution is -2.35. The molecule has 0 aliphatic heterocycles. The van der Waals surface area contributed by atoms with E-state index < -0.39 is 0 Å². The molecule has 0 aliphatic rings. The highest BCUT2D eigenvalue weighted by molar-refractivity contribution is 5.41. The lowest BCUT2D eigenvalue weighted by molar-refractivity contribution is 0.423. The van der Waals surface area contributed by atoms with E-state index in [2.05, 4.69) is 45.0 Å². The quantitative estimate of drug-likeness (QED) is 0.921. The molecule has 0 fully saturated rings. The molecule has 4 heteroatoms. The Morgan fingerprint density at radius 2 is 1.95 bits per heavy atom. The molecule has 21 heavy (non-hydrogen) atoms. The molecule has 0 radical (unpaired) electrons. The van der Waals surface area contributed by atoms with Gasteiger partial charge in [0.05, 0.1) is 11.4 Å². The molecule has 0 saturated carbocycles. The summed E-state index contributed by atoms with van der Waals surface area (Å²) in [5.41, 5.74) is 2.84. The van der Waals surface area contributed by atoms with E-state index in [4.69, 9.17) is 0 Å². The van der Waals surface area contributed by atoms with Crippen molar-refractivity contribution in [2.24, 2.45) is 0 Å². The van der Waals surface area contributed by atoms with Gasteiger partial charge in [-0.3, -0.25) is 0 Å². The summed E-state index contributed by atoms with van der Waals surface area (Å²) >= 11 is 0. The highest BCUT2D eigenvalue weighted by Crippen LogP contribution is 2.19. The second kappa shape index (κ2) is 5.98. The second-order valence-corrected chi connectivity index (χ2v) is 6.72. The normalized spacial score (nSPS) is 12.1. The summed E-state index contributed by atoms with van der Waals surface area (Å²) in [7, 11) is 0. The van der Waals surface area contributed by atoms with E-state index in [-0.39, 0.29) is 11.4 Å². The van der Waals surface area contributed by atoms with Crippen LogP contribution in [0.4, 0.5) is 4.39 Å². The molecule has 1 aromatic heterocycles. The standard InChI is InChI=1S/C17H24FN3/c1-12(2)15-8-9-21(20-15)16-7-6-14(18)10-13(16)11-19-17(3,4)5/h6-10,12,19H,11H2,1-5H3. The summed E-state index contributed by atoms with van der Waals surface area (Å²) in [6.45, 7) is 11.1. The topological polar surface area (TPSA) is 29.9 Å². The van der Waals surface area contributed by atoms with Crippen LogP contribution >= 0.6 is 0 Å². The minimum atomic E-state index is -0.222. The summed E-state index contributed by atoms with van der Waals surface area (Å²) in [6, 6.07) is 6.85. The summed E-state index contributed by atoms with van der Waals surface area (Å²) in [4.78, 5) is 0. The predicted molar refractivity (Wildman–Crippen MR) is 84.2 cm³/mol. The van der Waals surface area contributed by atoms with Crippen molar-refractivity contribution in [2.45, 2.75) is 52.6 Å². The number of nitrogens with zero attached hydrogens (tertiary/aromatic N) is 2. The van der Waals surface area contributed by atoms with Crippen molar-refractivity contribution in [1.82, 2.24) is 15.1 Å². The van der Waals surface area contributed by atoms with Gasteiger partial charge in [-0.15, -0.1) is 0 Å². The van der Waals surface area contributed by atoms with Crippen LogP contribution in [0, 0.1) is 5.82 Å². The molecule has 0 unspecified atom stereocenters. The van der Waals surface area contributed by atoms with Gasteiger partial charge in [-0.2, -0.15) is 5.10 Å². The fraction of sp³-hybridized carbons (Fsp3) is 0.471. The maximum Gasteiger partial charge on any atom is 0.123 e. The van der Waals surface area contributed by atoms with E-state index in [9.17, 15) is 4.39 Å². The maximum atomic E-state index is 13.6. The zero-order valence-electron chi connectivity index (χ0n) is 13.4. The number of hydrogen-bond acceptors (Lipinski definition) is 2. The van der Waals surface area contributed by atoms with E-state index in [1.807, 2.05) is 16.9 Å². The smallest absolute Gasteiger partial charge is 0.123 e. The number of halogens is 1. The highest BCUT2D eigenvalue weighted by Gasteiger charge is 2.13. The van der Waals surface area contributed by atoms with E-state index in [1.165, 1.54) is 6.07 Å². The van der Waals surface area contributed by atoms with Crippen molar-refractivity contribution in [3.05, 3.63) is 47.5 Å². The third-order valence-electron chi connectivity index (χ3n) is 3.30. The van der Waals surface area contributed by atoms with Gasteiger partial charge in [0, 0.05) is 18.3 Å². The lowest BCUT2D eigenvalue weighted by Gasteiger charge is -2.21. The summed E-state index contributed by atoms with van der Waals surface area (Å²) in [5, 5.41) is 7.98. The fourth-order valence-electron chi connectivity index (χ4n) is 2.06. The molecular weight excluding hydrogens is 265 g/mol.